The van der Waals surface area contributed by atoms with Gasteiger partial charge >= 0.3 is 0 Å². The van der Waals surface area contributed by atoms with E-state index < -0.39 is 11.2 Å². The van der Waals surface area contributed by atoms with Gasteiger partial charge in [-0.3, -0.25) is 4.79 Å². The highest BCUT2D eigenvalue weighted by molar-refractivity contribution is 9.10. The molecule has 6 nitrogen and oxygen atoms in total. The van der Waals surface area contributed by atoms with E-state index in [0.717, 1.165) is 6.07 Å². The number of fused-ring (bicyclic) bond motifs is 1. The highest BCUT2D eigenvalue weighted by atomic mass is 79.9. The first-order valence-corrected chi connectivity index (χ1v) is 9.90. The zero-order chi connectivity index (χ0) is 20.9. The number of benzene rings is 2. The predicted molar refractivity (Wildman–Crippen MR) is 110 cm³/mol. The fourth-order valence-corrected chi connectivity index (χ4v) is 4.66. The van der Waals surface area contributed by atoms with Crippen molar-refractivity contribution < 1.29 is 24.1 Å². The van der Waals surface area contributed by atoms with Crippen molar-refractivity contribution in [3.05, 3.63) is 56.4 Å². The summed E-state index contributed by atoms with van der Waals surface area (Å²) in [4.78, 5) is 14.8. The highest BCUT2D eigenvalue weighted by Crippen LogP contribution is 2.44. The van der Waals surface area contributed by atoms with Crippen LogP contribution in [-0.4, -0.2) is 46.5 Å². The topological polar surface area (TPSA) is 94.1 Å². The molecule has 8 heteroatoms. The Hall–Kier alpha value is -2.42. The average Bonchev–Trinajstić information content (AvgIpc) is 3.01. The number of nitrogens with zero attached hydrogens (tertiary/aromatic N) is 1. The summed E-state index contributed by atoms with van der Waals surface area (Å²) >= 11 is 3.27. The number of likely N-dealkylation sites (N-methyl/N-ethyl adjacent to an activating group) is 1. The van der Waals surface area contributed by atoms with Gasteiger partial charge in [0.05, 0.1) is 6.61 Å². The van der Waals surface area contributed by atoms with Crippen LogP contribution in [0.4, 0.5) is 4.39 Å². The number of likely N-dealkylation sites (tertiary alicyclic amines) is 1. The predicted octanol–water partition coefficient (Wildman–Crippen LogP) is 3.55. The van der Waals surface area contributed by atoms with E-state index in [4.69, 9.17) is 4.42 Å². The second-order valence-corrected chi connectivity index (χ2v) is 8.11. The van der Waals surface area contributed by atoms with Crippen LogP contribution in [-0.2, 0) is 0 Å². The number of aromatic hydroxyl groups is 2. The summed E-state index contributed by atoms with van der Waals surface area (Å²) in [5.41, 5.74) is 0.419. The number of hydrogen-bond acceptors (Lipinski definition) is 6. The molecule has 0 amide bonds. The molecule has 2 aromatic carbocycles. The molecule has 2 unspecified atom stereocenters. The molecule has 0 aliphatic carbocycles. The second kappa shape index (κ2) is 7.44. The van der Waals surface area contributed by atoms with Crippen molar-refractivity contribution in [3.8, 4) is 22.8 Å². The summed E-state index contributed by atoms with van der Waals surface area (Å²) in [5, 5.41) is 30.7. The number of aliphatic hydroxyl groups excluding tert-OH is 1. The molecular formula is C21H19BrFNO5. The molecule has 1 aliphatic heterocycles. The second-order valence-electron chi connectivity index (χ2n) is 7.26. The Kier molecular flexibility index (Phi) is 5.10. The van der Waals surface area contributed by atoms with Crippen molar-refractivity contribution in [3.63, 3.8) is 0 Å². The molecule has 1 aromatic heterocycles. The molecule has 1 saturated heterocycles. The van der Waals surface area contributed by atoms with Gasteiger partial charge in [0.2, 0.25) is 0 Å². The van der Waals surface area contributed by atoms with Gasteiger partial charge in [-0.2, -0.15) is 0 Å². The quantitative estimate of drug-likeness (QED) is 0.549. The molecule has 3 aromatic rings. The van der Waals surface area contributed by atoms with Gasteiger partial charge in [-0.1, -0.05) is 0 Å². The lowest BCUT2D eigenvalue weighted by molar-refractivity contribution is 0.172. The van der Waals surface area contributed by atoms with Crippen molar-refractivity contribution in [2.24, 2.45) is 0 Å². The zero-order valence-corrected chi connectivity index (χ0v) is 17.1. The number of halogens is 2. The van der Waals surface area contributed by atoms with E-state index in [1.54, 1.807) is 0 Å². The Morgan fingerprint density at radius 2 is 2.00 bits per heavy atom. The van der Waals surface area contributed by atoms with Gasteiger partial charge in [0.15, 0.2) is 5.43 Å². The van der Waals surface area contributed by atoms with Crippen molar-refractivity contribution >= 4 is 26.9 Å². The number of phenolic OH excluding ortho intramolecular Hbond substituents is 2. The summed E-state index contributed by atoms with van der Waals surface area (Å²) in [6.07, 6.45) is 0.642. The molecular weight excluding hydrogens is 445 g/mol. The smallest absolute Gasteiger partial charge is 0.197 e. The Morgan fingerprint density at radius 3 is 2.69 bits per heavy atom. The number of rotatable bonds is 3. The van der Waals surface area contributed by atoms with Gasteiger partial charge in [-0.05, 0) is 54.1 Å². The van der Waals surface area contributed by atoms with Gasteiger partial charge in [0.25, 0.3) is 0 Å². The summed E-state index contributed by atoms with van der Waals surface area (Å²) in [7, 11) is 1.87. The molecule has 3 N–H and O–H groups in total. The fourth-order valence-electron chi connectivity index (χ4n) is 4.11. The number of aliphatic hydroxyl groups is 1. The van der Waals surface area contributed by atoms with Crippen LogP contribution in [0.5, 0.6) is 11.5 Å². The molecule has 4 rings (SSSR count). The first-order valence-electron chi connectivity index (χ1n) is 9.11. The van der Waals surface area contributed by atoms with E-state index in [-0.39, 0.29) is 46.8 Å². The molecule has 0 radical (unpaired) electrons. The van der Waals surface area contributed by atoms with Crippen LogP contribution in [0.1, 0.15) is 17.9 Å². The van der Waals surface area contributed by atoms with Crippen molar-refractivity contribution in [2.45, 2.75) is 18.4 Å². The van der Waals surface area contributed by atoms with Gasteiger partial charge in [-0.15, -0.1) is 0 Å². The first-order chi connectivity index (χ1) is 13.8. The minimum absolute atomic E-state index is 0.0361. The third kappa shape index (κ3) is 3.31. The molecule has 2 atom stereocenters. The lowest BCUT2D eigenvalue weighted by Gasteiger charge is -2.24. The maximum absolute atomic E-state index is 13.5. The van der Waals surface area contributed by atoms with Crippen LogP contribution in [0, 0.1) is 5.82 Å². The SMILES string of the molecule is CN1CCC(c2c(O)cc(O)c3c(=O)cc(-c4ccc(F)cc4Br)oc23)C1CO. The molecule has 2 heterocycles. The largest absolute Gasteiger partial charge is 0.507 e. The average molecular weight is 464 g/mol. The van der Waals surface area contributed by atoms with Gasteiger partial charge in [0.1, 0.15) is 34.0 Å². The lowest BCUT2D eigenvalue weighted by atomic mass is 9.89. The Bertz CT molecular complexity index is 1160. The molecule has 152 valence electrons. The van der Waals surface area contributed by atoms with Gasteiger partial charge in [0, 0.05) is 39.7 Å². The highest BCUT2D eigenvalue weighted by Gasteiger charge is 2.36. The maximum Gasteiger partial charge on any atom is 0.197 e. The van der Waals surface area contributed by atoms with Crippen LogP contribution >= 0.6 is 15.9 Å². The lowest BCUT2D eigenvalue weighted by Crippen LogP contribution is -2.32. The fraction of sp³-hybridized carbons (Fsp3) is 0.286. The van der Waals surface area contributed by atoms with Crippen molar-refractivity contribution in [2.75, 3.05) is 20.2 Å². The third-order valence-corrected chi connectivity index (χ3v) is 6.23. The van der Waals surface area contributed by atoms with E-state index in [9.17, 15) is 24.5 Å². The Balaban J connectivity index is 2.01. The van der Waals surface area contributed by atoms with E-state index in [1.807, 2.05) is 11.9 Å². The molecule has 0 bridgehead atoms. The van der Waals surface area contributed by atoms with Gasteiger partial charge in [-0.25, -0.2) is 4.39 Å². The van der Waals surface area contributed by atoms with E-state index in [1.165, 1.54) is 24.3 Å². The van der Waals surface area contributed by atoms with E-state index in [0.29, 0.717) is 28.6 Å². The van der Waals surface area contributed by atoms with Crippen LogP contribution in [0.2, 0.25) is 0 Å². The summed E-state index contributed by atoms with van der Waals surface area (Å²) < 4.78 is 19.9. The van der Waals surface area contributed by atoms with Crippen LogP contribution in [0.3, 0.4) is 0 Å². The Labute approximate surface area is 173 Å². The minimum atomic E-state index is -0.483. The van der Waals surface area contributed by atoms with Crippen LogP contribution in [0.15, 0.2) is 44.0 Å². The first kappa shape index (κ1) is 19.9. The molecule has 1 fully saturated rings. The van der Waals surface area contributed by atoms with Crippen molar-refractivity contribution in [1.82, 2.24) is 4.90 Å². The molecule has 0 spiro atoms. The number of hydrogen-bond donors (Lipinski definition) is 3. The summed E-state index contributed by atoms with van der Waals surface area (Å²) in [6.45, 7) is 0.571. The number of phenols is 2. The Morgan fingerprint density at radius 1 is 1.24 bits per heavy atom. The molecule has 0 saturated carbocycles. The van der Waals surface area contributed by atoms with E-state index >= 15 is 0 Å². The van der Waals surface area contributed by atoms with Crippen LogP contribution in [0.25, 0.3) is 22.3 Å². The standard InChI is InChI=1S/C21H19BrFNO5/c1-24-5-4-12(14(24)9-25)19-15(26)7-16(27)20-17(28)8-18(29-21(19)20)11-3-2-10(23)6-13(11)22/h2-3,6-8,12,14,25-27H,4-5,9H2,1H3. The van der Waals surface area contributed by atoms with Gasteiger partial charge < -0.3 is 24.6 Å². The van der Waals surface area contributed by atoms with Crippen molar-refractivity contribution in [1.29, 1.82) is 0 Å². The summed E-state index contributed by atoms with van der Waals surface area (Å²) in [5.74, 6) is -1.14. The summed E-state index contributed by atoms with van der Waals surface area (Å²) in [6, 6.07) is 6.08. The van der Waals surface area contributed by atoms with E-state index in [2.05, 4.69) is 15.9 Å². The normalized spacial score (nSPS) is 19.9. The monoisotopic (exact) mass is 463 g/mol. The van der Waals surface area contributed by atoms with Crippen LogP contribution < -0.4 is 5.43 Å². The molecule has 1 aliphatic rings. The minimum Gasteiger partial charge on any atom is -0.507 e. The zero-order valence-electron chi connectivity index (χ0n) is 15.5. The maximum atomic E-state index is 13.5. The third-order valence-electron chi connectivity index (χ3n) is 5.58. The molecule has 29 heavy (non-hydrogen) atoms.